The third-order valence-electron chi connectivity index (χ3n) is 2.29. The van der Waals surface area contributed by atoms with E-state index >= 15 is 0 Å². The Balaban J connectivity index is 4.10. The molecule has 1 amide bonds. The summed E-state index contributed by atoms with van der Waals surface area (Å²) in [5, 5.41) is 2.82. The fourth-order valence-corrected chi connectivity index (χ4v) is 1.25. The maximum absolute atomic E-state index is 11.5. The predicted octanol–water partition coefficient (Wildman–Crippen LogP) is 1.06. The van der Waals surface area contributed by atoms with Crippen molar-refractivity contribution in [3.63, 3.8) is 0 Å². The van der Waals surface area contributed by atoms with E-state index in [0.717, 1.165) is 0 Å². The number of nitrogens with zero attached hydrogens (tertiary/aromatic N) is 1. The number of hydrogen-bond acceptors (Lipinski definition) is 3. The molecular weight excluding hydrogens is 204 g/mol. The summed E-state index contributed by atoms with van der Waals surface area (Å²) in [5.74, 6) is 0.190. The minimum absolute atomic E-state index is 0.0200. The number of carbonyl (C=O) groups excluding carboxylic acids is 2. The van der Waals surface area contributed by atoms with Crippen molar-refractivity contribution < 1.29 is 9.59 Å². The molecule has 4 heteroatoms. The van der Waals surface area contributed by atoms with E-state index in [1.54, 1.807) is 0 Å². The molecule has 0 atom stereocenters. The van der Waals surface area contributed by atoms with E-state index in [-0.39, 0.29) is 23.7 Å². The van der Waals surface area contributed by atoms with Crippen molar-refractivity contribution in [2.75, 3.05) is 19.6 Å². The highest BCUT2D eigenvalue weighted by molar-refractivity contribution is 5.83. The van der Waals surface area contributed by atoms with Gasteiger partial charge in [0.1, 0.15) is 5.78 Å². The molecule has 0 radical (unpaired) electrons. The number of nitrogens with one attached hydrogen (secondary N) is 1. The quantitative estimate of drug-likeness (QED) is 0.709. The normalized spacial score (nSPS) is 11.2. The first kappa shape index (κ1) is 15.1. The van der Waals surface area contributed by atoms with Gasteiger partial charge in [0.2, 0.25) is 5.91 Å². The van der Waals surface area contributed by atoms with E-state index in [1.165, 1.54) is 0 Å². The van der Waals surface area contributed by atoms with E-state index in [9.17, 15) is 9.59 Å². The molecule has 94 valence electrons. The number of rotatable bonds is 7. The largest absolute Gasteiger partial charge is 0.353 e. The van der Waals surface area contributed by atoms with Crippen molar-refractivity contribution >= 4 is 11.7 Å². The molecule has 0 aromatic rings. The molecule has 0 aliphatic rings. The number of hydrogen-bond donors (Lipinski definition) is 1. The van der Waals surface area contributed by atoms with Gasteiger partial charge in [-0.05, 0) is 20.4 Å². The van der Waals surface area contributed by atoms with Gasteiger partial charge in [-0.2, -0.15) is 0 Å². The summed E-state index contributed by atoms with van der Waals surface area (Å²) >= 11 is 0. The highest BCUT2D eigenvalue weighted by Gasteiger charge is 2.15. The smallest absolute Gasteiger partial charge is 0.234 e. The van der Waals surface area contributed by atoms with Crippen molar-refractivity contribution in [2.24, 2.45) is 5.92 Å². The fraction of sp³-hybridized carbons (Fsp3) is 0.833. The molecule has 0 aromatic carbocycles. The molecule has 0 saturated heterocycles. The molecule has 0 unspecified atom stereocenters. The fourth-order valence-electron chi connectivity index (χ4n) is 1.25. The van der Waals surface area contributed by atoms with Gasteiger partial charge < -0.3 is 5.32 Å². The number of Topliss-reactive ketones (excluding diaryl/α,β-unsaturated/α-hetero) is 1. The Morgan fingerprint density at radius 3 is 2.06 bits per heavy atom. The second-order valence-electron chi connectivity index (χ2n) is 4.65. The van der Waals surface area contributed by atoms with Crippen LogP contribution < -0.4 is 5.32 Å². The van der Waals surface area contributed by atoms with Gasteiger partial charge in [-0.15, -0.1) is 0 Å². The second kappa shape index (κ2) is 7.39. The van der Waals surface area contributed by atoms with Crippen molar-refractivity contribution in [2.45, 2.75) is 40.7 Å². The minimum Gasteiger partial charge on any atom is -0.353 e. The number of amides is 1. The van der Waals surface area contributed by atoms with Crippen LogP contribution >= 0.6 is 0 Å². The Morgan fingerprint density at radius 1 is 1.12 bits per heavy atom. The topological polar surface area (TPSA) is 49.4 Å². The molecule has 0 aliphatic carbocycles. The van der Waals surface area contributed by atoms with Crippen LogP contribution in [0.5, 0.6) is 0 Å². The summed E-state index contributed by atoms with van der Waals surface area (Å²) in [4.78, 5) is 24.9. The Kier molecular flexibility index (Phi) is 6.97. The summed E-state index contributed by atoms with van der Waals surface area (Å²) in [6, 6.07) is 0.145. The van der Waals surface area contributed by atoms with Crippen LogP contribution in [0, 0.1) is 5.92 Å². The Bertz CT molecular complexity index is 237. The molecule has 0 aromatic heterocycles. The van der Waals surface area contributed by atoms with E-state index < -0.39 is 0 Å². The number of ketones is 1. The zero-order valence-electron chi connectivity index (χ0n) is 11.0. The molecule has 0 bridgehead atoms. The van der Waals surface area contributed by atoms with Gasteiger partial charge in [0.05, 0.1) is 13.1 Å². The first-order chi connectivity index (χ1) is 7.36. The number of carbonyl (C=O) groups is 2. The highest BCUT2D eigenvalue weighted by Crippen LogP contribution is 1.98. The van der Waals surface area contributed by atoms with Crippen molar-refractivity contribution in [3.05, 3.63) is 0 Å². The standard InChI is InChI=1S/C12H24N2O2/c1-6-14(7-11(15)9(2)3)8-12(16)13-10(4)5/h9-10H,6-8H2,1-5H3,(H,13,16). The van der Waals surface area contributed by atoms with Crippen LogP contribution in [0.1, 0.15) is 34.6 Å². The Morgan fingerprint density at radius 2 is 1.69 bits per heavy atom. The summed E-state index contributed by atoms with van der Waals surface area (Å²) in [6.45, 7) is 10.9. The average Bonchev–Trinajstić information content (AvgIpc) is 2.14. The first-order valence-electron chi connectivity index (χ1n) is 5.91. The van der Waals surface area contributed by atoms with Crippen molar-refractivity contribution in [1.29, 1.82) is 0 Å². The van der Waals surface area contributed by atoms with Gasteiger partial charge in [0.25, 0.3) is 0 Å². The molecule has 0 fully saturated rings. The Hall–Kier alpha value is -0.900. The predicted molar refractivity (Wildman–Crippen MR) is 65.2 cm³/mol. The van der Waals surface area contributed by atoms with Gasteiger partial charge in [0, 0.05) is 12.0 Å². The molecular formula is C12H24N2O2. The molecule has 0 aliphatic heterocycles. The van der Waals surface area contributed by atoms with Crippen LogP contribution in [0.4, 0.5) is 0 Å². The molecule has 4 nitrogen and oxygen atoms in total. The highest BCUT2D eigenvalue weighted by atomic mass is 16.2. The van der Waals surface area contributed by atoms with Crippen LogP contribution in [0.15, 0.2) is 0 Å². The maximum atomic E-state index is 11.5. The lowest BCUT2D eigenvalue weighted by molar-refractivity contribution is -0.125. The van der Waals surface area contributed by atoms with Crippen LogP contribution in [0.3, 0.4) is 0 Å². The van der Waals surface area contributed by atoms with E-state index in [0.29, 0.717) is 19.6 Å². The summed E-state index contributed by atoms with van der Waals surface area (Å²) in [6.07, 6.45) is 0. The molecule has 1 N–H and O–H groups in total. The summed E-state index contributed by atoms with van der Waals surface area (Å²) in [7, 11) is 0. The zero-order valence-corrected chi connectivity index (χ0v) is 11.0. The van der Waals surface area contributed by atoms with E-state index in [4.69, 9.17) is 0 Å². The third kappa shape index (κ3) is 6.56. The summed E-state index contributed by atoms with van der Waals surface area (Å²) in [5.41, 5.74) is 0. The van der Waals surface area contributed by atoms with E-state index in [1.807, 2.05) is 39.5 Å². The molecule has 0 spiro atoms. The first-order valence-corrected chi connectivity index (χ1v) is 5.91. The van der Waals surface area contributed by atoms with Crippen LogP contribution in [0.25, 0.3) is 0 Å². The molecule has 0 heterocycles. The maximum Gasteiger partial charge on any atom is 0.234 e. The second-order valence-corrected chi connectivity index (χ2v) is 4.65. The van der Waals surface area contributed by atoms with Crippen LogP contribution in [-0.2, 0) is 9.59 Å². The van der Waals surface area contributed by atoms with E-state index in [2.05, 4.69) is 5.32 Å². The zero-order chi connectivity index (χ0) is 12.7. The average molecular weight is 228 g/mol. The van der Waals surface area contributed by atoms with Crippen molar-refractivity contribution in [1.82, 2.24) is 10.2 Å². The lowest BCUT2D eigenvalue weighted by Crippen LogP contribution is -2.42. The van der Waals surface area contributed by atoms with Gasteiger partial charge in [-0.25, -0.2) is 0 Å². The Labute approximate surface area is 98.4 Å². The van der Waals surface area contributed by atoms with Gasteiger partial charge in [-0.1, -0.05) is 20.8 Å². The third-order valence-corrected chi connectivity index (χ3v) is 2.29. The number of likely N-dealkylation sites (N-methyl/N-ethyl adjacent to an activating group) is 1. The van der Waals surface area contributed by atoms with Gasteiger partial charge in [0.15, 0.2) is 0 Å². The minimum atomic E-state index is -0.0200. The van der Waals surface area contributed by atoms with Gasteiger partial charge in [-0.3, -0.25) is 14.5 Å². The van der Waals surface area contributed by atoms with Crippen LogP contribution in [0.2, 0.25) is 0 Å². The van der Waals surface area contributed by atoms with Gasteiger partial charge >= 0.3 is 0 Å². The molecule has 16 heavy (non-hydrogen) atoms. The van der Waals surface area contributed by atoms with Crippen molar-refractivity contribution in [3.8, 4) is 0 Å². The lowest BCUT2D eigenvalue weighted by Gasteiger charge is -2.20. The summed E-state index contributed by atoms with van der Waals surface area (Å²) < 4.78 is 0. The SMILES string of the molecule is CCN(CC(=O)NC(C)C)CC(=O)C(C)C. The monoisotopic (exact) mass is 228 g/mol. The van der Waals surface area contributed by atoms with Crippen LogP contribution in [-0.4, -0.2) is 42.3 Å². The molecule has 0 saturated carbocycles. The molecule has 0 rings (SSSR count). The lowest BCUT2D eigenvalue weighted by atomic mass is 10.1.